The van der Waals surface area contributed by atoms with E-state index in [0.717, 1.165) is 20.3 Å². The number of ether oxygens (including phenoxy) is 4. The third kappa shape index (κ3) is 5.13. The van der Waals surface area contributed by atoms with Gasteiger partial charge < -0.3 is 29.4 Å². The van der Waals surface area contributed by atoms with Crippen molar-refractivity contribution in [3.05, 3.63) is 29.5 Å². The number of aromatic carboxylic acids is 1. The van der Waals surface area contributed by atoms with E-state index < -0.39 is 17.9 Å². The molecule has 0 unspecified atom stereocenters. The van der Waals surface area contributed by atoms with E-state index in [1.165, 1.54) is 19.2 Å². The molecule has 0 amide bonds. The van der Waals surface area contributed by atoms with Crippen LogP contribution in [0.15, 0.2) is 23.9 Å². The predicted molar refractivity (Wildman–Crippen MR) is 86.9 cm³/mol. The molecule has 1 aromatic carbocycles. The summed E-state index contributed by atoms with van der Waals surface area (Å²) in [7, 11) is 3.63. The van der Waals surface area contributed by atoms with Crippen LogP contribution < -0.4 is 14.8 Å². The van der Waals surface area contributed by atoms with Crippen LogP contribution in [0.3, 0.4) is 0 Å². The maximum absolute atomic E-state index is 11.8. The fourth-order valence-electron chi connectivity index (χ4n) is 1.85. The van der Waals surface area contributed by atoms with Crippen LogP contribution in [0.1, 0.15) is 17.3 Å². The minimum atomic E-state index is -1.27. The molecular formula is C16H19NO8. The highest BCUT2D eigenvalue weighted by molar-refractivity contribution is 6.02. The minimum absolute atomic E-state index is 0.00774. The molecule has 0 atom stereocenters. The van der Waals surface area contributed by atoms with Crippen molar-refractivity contribution < 1.29 is 38.4 Å². The summed E-state index contributed by atoms with van der Waals surface area (Å²) in [5.74, 6) is -2.49. The SMILES string of the molecule is CCOc1cc(C(=O)O)c(N/C(=C/C(=O)OC)C(=O)OC)cc1OC. The van der Waals surface area contributed by atoms with Gasteiger partial charge in [0.2, 0.25) is 0 Å². The maximum atomic E-state index is 11.8. The monoisotopic (exact) mass is 353 g/mol. The van der Waals surface area contributed by atoms with Crippen molar-refractivity contribution in [1.29, 1.82) is 0 Å². The largest absolute Gasteiger partial charge is 0.493 e. The van der Waals surface area contributed by atoms with Gasteiger partial charge in [-0.3, -0.25) is 0 Å². The molecular weight excluding hydrogens is 334 g/mol. The Morgan fingerprint density at radius 3 is 2.28 bits per heavy atom. The Kier molecular flexibility index (Phi) is 7.26. The molecule has 9 nitrogen and oxygen atoms in total. The van der Waals surface area contributed by atoms with E-state index in [-0.39, 0.29) is 28.4 Å². The minimum Gasteiger partial charge on any atom is -0.493 e. The van der Waals surface area contributed by atoms with Crippen LogP contribution in [0.5, 0.6) is 11.5 Å². The molecule has 1 aromatic rings. The molecule has 0 bridgehead atoms. The topological polar surface area (TPSA) is 120 Å². The number of anilines is 1. The Hall–Kier alpha value is -3.23. The van der Waals surface area contributed by atoms with Crippen molar-refractivity contribution in [2.45, 2.75) is 6.92 Å². The first-order valence-electron chi connectivity index (χ1n) is 7.11. The second-order valence-electron chi connectivity index (χ2n) is 4.48. The number of carboxylic acid groups (broad SMARTS) is 1. The summed E-state index contributed by atoms with van der Waals surface area (Å²) in [6, 6.07) is 2.59. The fraction of sp³-hybridized carbons (Fsp3) is 0.312. The molecule has 0 spiro atoms. The number of hydrogen-bond acceptors (Lipinski definition) is 8. The quantitative estimate of drug-likeness (QED) is 0.528. The number of carbonyl (C=O) groups excluding carboxylic acids is 2. The first-order valence-corrected chi connectivity index (χ1v) is 7.11. The van der Waals surface area contributed by atoms with E-state index in [1.54, 1.807) is 6.92 Å². The smallest absolute Gasteiger partial charge is 0.354 e. The lowest BCUT2D eigenvalue weighted by molar-refractivity contribution is -0.138. The van der Waals surface area contributed by atoms with Gasteiger partial charge >= 0.3 is 17.9 Å². The van der Waals surface area contributed by atoms with Crippen LogP contribution in [0.2, 0.25) is 0 Å². The lowest BCUT2D eigenvalue weighted by atomic mass is 10.1. The normalized spacial score (nSPS) is 10.6. The summed E-state index contributed by atoms with van der Waals surface area (Å²) < 4.78 is 19.5. The van der Waals surface area contributed by atoms with Crippen molar-refractivity contribution >= 4 is 23.6 Å². The summed E-state index contributed by atoms with van der Waals surface area (Å²) >= 11 is 0. The van der Waals surface area contributed by atoms with Gasteiger partial charge in [0.1, 0.15) is 5.70 Å². The van der Waals surface area contributed by atoms with Gasteiger partial charge in [-0.25, -0.2) is 14.4 Å². The molecule has 0 saturated carbocycles. The average Bonchev–Trinajstić information content (AvgIpc) is 2.60. The van der Waals surface area contributed by atoms with Gasteiger partial charge in [0, 0.05) is 12.1 Å². The lowest BCUT2D eigenvalue weighted by Gasteiger charge is -2.16. The van der Waals surface area contributed by atoms with Gasteiger partial charge in [-0.15, -0.1) is 0 Å². The second kappa shape index (κ2) is 9.16. The van der Waals surface area contributed by atoms with E-state index in [4.69, 9.17) is 9.47 Å². The van der Waals surface area contributed by atoms with E-state index in [9.17, 15) is 19.5 Å². The highest BCUT2D eigenvalue weighted by atomic mass is 16.5. The number of carboxylic acids is 1. The highest BCUT2D eigenvalue weighted by Gasteiger charge is 2.20. The highest BCUT2D eigenvalue weighted by Crippen LogP contribution is 2.34. The average molecular weight is 353 g/mol. The molecule has 0 radical (unpaired) electrons. The van der Waals surface area contributed by atoms with Crippen molar-refractivity contribution in [3.8, 4) is 11.5 Å². The van der Waals surface area contributed by atoms with Crippen LogP contribution in [0.25, 0.3) is 0 Å². The first kappa shape index (κ1) is 19.8. The molecule has 25 heavy (non-hydrogen) atoms. The van der Waals surface area contributed by atoms with E-state index >= 15 is 0 Å². The molecule has 9 heteroatoms. The first-order chi connectivity index (χ1) is 11.9. The Morgan fingerprint density at radius 1 is 1.12 bits per heavy atom. The van der Waals surface area contributed by atoms with Crippen LogP contribution in [0.4, 0.5) is 5.69 Å². The van der Waals surface area contributed by atoms with E-state index in [1.807, 2.05) is 0 Å². The van der Waals surface area contributed by atoms with Crippen molar-refractivity contribution in [3.63, 3.8) is 0 Å². The zero-order valence-corrected chi connectivity index (χ0v) is 14.2. The molecule has 136 valence electrons. The molecule has 0 saturated heterocycles. The van der Waals surface area contributed by atoms with Gasteiger partial charge in [0.05, 0.1) is 45.3 Å². The van der Waals surface area contributed by atoms with Crippen LogP contribution in [-0.2, 0) is 19.1 Å². The second-order valence-corrected chi connectivity index (χ2v) is 4.48. The lowest BCUT2D eigenvalue weighted by Crippen LogP contribution is -2.17. The molecule has 0 aliphatic heterocycles. The number of hydrogen-bond donors (Lipinski definition) is 2. The fourth-order valence-corrected chi connectivity index (χ4v) is 1.85. The zero-order valence-electron chi connectivity index (χ0n) is 14.2. The number of esters is 2. The summed E-state index contributed by atoms with van der Waals surface area (Å²) in [6.45, 7) is 2.04. The standard InChI is InChI=1S/C16H19NO8/c1-5-25-13-6-9(15(19)20)10(7-12(13)22-2)17-11(16(21)24-4)8-14(18)23-3/h6-8,17H,5H2,1-4H3,(H,19,20)/b11-8+. The Bertz CT molecular complexity index is 696. The molecule has 0 fully saturated rings. The summed E-state index contributed by atoms with van der Waals surface area (Å²) in [5.41, 5.74) is -0.486. The van der Waals surface area contributed by atoms with Gasteiger partial charge in [0.25, 0.3) is 0 Å². The van der Waals surface area contributed by atoms with Gasteiger partial charge in [-0.05, 0) is 6.92 Å². The molecule has 2 N–H and O–H groups in total. The Balaban J connectivity index is 3.42. The van der Waals surface area contributed by atoms with E-state index in [2.05, 4.69) is 14.8 Å². The Morgan fingerprint density at radius 2 is 1.80 bits per heavy atom. The zero-order chi connectivity index (χ0) is 19.0. The van der Waals surface area contributed by atoms with Crippen molar-refractivity contribution in [1.82, 2.24) is 0 Å². The summed E-state index contributed by atoms with van der Waals surface area (Å²) in [6.07, 6.45) is 0.848. The van der Waals surface area contributed by atoms with Crippen LogP contribution in [-0.4, -0.2) is 51.0 Å². The van der Waals surface area contributed by atoms with Gasteiger partial charge in [-0.1, -0.05) is 0 Å². The molecule has 0 aliphatic carbocycles. The predicted octanol–water partition coefficient (Wildman–Crippen LogP) is 1.43. The van der Waals surface area contributed by atoms with Crippen molar-refractivity contribution in [2.24, 2.45) is 0 Å². The van der Waals surface area contributed by atoms with Gasteiger partial charge in [-0.2, -0.15) is 0 Å². The summed E-state index contributed by atoms with van der Waals surface area (Å²) in [5, 5.41) is 12.0. The third-order valence-electron chi connectivity index (χ3n) is 2.97. The summed E-state index contributed by atoms with van der Waals surface area (Å²) in [4.78, 5) is 34.7. The maximum Gasteiger partial charge on any atom is 0.354 e. The number of carbonyl (C=O) groups is 3. The molecule has 0 heterocycles. The number of nitrogens with one attached hydrogen (secondary N) is 1. The van der Waals surface area contributed by atoms with Crippen LogP contribution in [0, 0.1) is 0 Å². The van der Waals surface area contributed by atoms with E-state index in [0.29, 0.717) is 6.61 Å². The Labute approximate surface area is 144 Å². The van der Waals surface area contributed by atoms with Crippen molar-refractivity contribution in [2.75, 3.05) is 33.3 Å². The number of benzene rings is 1. The van der Waals surface area contributed by atoms with Crippen LogP contribution >= 0.6 is 0 Å². The number of methoxy groups -OCH3 is 3. The molecule has 0 aliphatic rings. The molecule has 1 rings (SSSR count). The number of rotatable bonds is 8. The van der Waals surface area contributed by atoms with Gasteiger partial charge in [0.15, 0.2) is 11.5 Å². The molecule has 0 aromatic heterocycles. The third-order valence-corrected chi connectivity index (χ3v) is 2.97.